The molecule has 2 N–H and O–H groups in total. The number of aromatic nitrogens is 3. The average molecular weight is 406 g/mol. The highest BCUT2D eigenvalue weighted by atomic mass is 15.3. The molecule has 1 aromatic carbocycles. The minimum absolute atomic E-state index is 0.324. The molecule has 7 nitrogen and oxygen atoms in total. The molecule has 4 rings (SSSR count). The first-order valence-corrected chi connectivity index (χ1v) is 10.9. The third-order valence-electron chi connectivity index (χ3n) is 5.56. The van der Waals surface area contributed by atoms with Crippen LogP contribution >= 0.6 is 0 Å². The summed E-state index contributed by atoms with van der Waals surface area (Å²) in [5.41, 5.74) is 2.22. The van der Waals surface area contributed by atoms with E-state index < -0.39 is 0 Å². The van der Waals surface area contributed by atoms with E-state index in [2.05, 4.69) is 63.0 Å². The number of hydrogen-bond acceptors (Lipinski definition) is 4. The van der Waals surface area contributed by atoms with Crippen LogP contribution in [-0.2, 0) is 6.42 Å². The zero-order valence-corrected chi connectivity index (χ0v) is 17.7. The van der Waals surface area contributed by atoms with Crippen molar-refractivity contribution in [1.82, 2.24) is 30.1 Å². The van der Waals surface area contributed by atoms with Gasteiger partial charge >= 0.3 is 0 Å². The highest BCUT2D eigenvalue weighted by Gasteiger charge is 2.23. The van der Waals surface area contributed by atoms with Crippen molar-refractivity contribution in [2.75, 3.05) is 32.7 Å². The zero-order chi connectivity index (χ0) is 20.6. The van der Waals surface area contributed by atoms with E-state index in [1.807, 2.05) is 28.8 Å². The molecule has 0 radical (unpaired) electrons. The highest BCUT2D eigenvalue weighted by molar-refractivity contribution is 5.79. The molecule has 3 heterocycles. The topological polar surface area (TPSA) is 69.8 Å². The van der Waals surface area contributed by atoms with Gasteiger partial charge in [-0.05, 0) is 50.6 Å². The number of fused-ring (bicyclic) bond motifs is 1. The molecule has 2 aromatic heterocycles. The summed E-state index contributed by atoms with van der Waals surface area (Å²) in [4.78, 5) is 7.49. The van der Waals surface area contributed by atoms with Gasteiger partial charge in [-0.2, -0.15) is 0 Å². The predicted molar refractivity (Wildman–Crippen MR) is 121 cm³/mol. The monoisotopic (exact) mass is 405 g/mol. The Morgan fingerprint density at radius 3 is 2.63 bits per heavy atom. The summed E-state index contributed by atoms with van der Waals surface area (Å²) in [6.45, 7) is 6.73. The van der Waals surface area contributed by atoms with E-state index in [-0.39, 0.29) is 0 Å². The van der Waals surface area contributed by atoms with Crippen LogP contribution in [0.4, 0.5) is 0 Å². The first-order chi connectivity index (χ1) is 14.8. The summed E-state index contributed by atoms with van der Waals surface area (Å²) in [5, 5.41) is 15.4. The fraction of sp³-hybridized carbons (Fsp3) is 0.435. The molecule has 1 saturated heterocycles. The number of guanidine groups is 1. The molecule has 1 unspecified atom stereocenters. The van der Waals surface area contributed by atoms with E-state index in [4.69, 9.17) is 4.99 Å². The van der Waals surface area contributed by atoms with Crippen LogP contribution in [0.25, 0.3) is 5.65 Å². The maximum atomic E-state index is 4.93. The SMILES string of the molecule is CCNC(=NCC(c1ccccc1)N1CCCC1)NCCc1nnc2ccccn12. The number of nitrogens with zero attached hydrogens (tertiary/aromatic N) is 5. The summed E-state index contributed by atoms with van der Waals surface area (Å²) in [6.07, 6.45) is 5.34. The lowest BCUT2D eigenvalue weighted by Crippen LogP contribution is -2.39. The fourth-order valence-corrected chi connectivity index (χ4v) is 4.03. The van der Waals surface area contributed by atoms with Gasteiger partial charge in [-0.3, -0.25) is 14.3 Å². The van der Waals surface area contributed by atoms with Crippen molar-refractivity contribution >= 4 is 11.6 Å². The average Bonchev–Trinajstić information content (AvgIpc) is 3.45. The lowest BCUT2D eigenvalue weighted by molar-refractivity contribution is 0.251. The maximum Gasteiger partial charge on any atom is 0.191 e. The molecule has 0 saturated carbocycles. The quantitative estimate of drug-likeness (QED) is 0.445. The Hall–Kier alpha value is -2.93. The van der Waals surface area contributed by atoms with Gasteiger partial charge in [0.2, 0.25) is 0 Å². The van der Waals surface area contributed by atoms with Gasteiger partial charge in [-0.25, -0.2) is 0 Å². The first kappa shape index (κ1) is 20.3. The smallest absolute Gasteiger partial charge is 0.191 e. The molecule has 30 heavy (non-hydrogen) atoms. The van der Waals surface area contributed by atoms with Gasteiger partial charge in [0.05, 0.1) is 12.6 Å². The molecule has 0 aliphatic carbocycles. The predicted octanol–water partition coefficient (Wildman–Crippen LogP) is 2.66. The number of aliphatic imine (C=N–C) groups is 1. The Morgan fingerprint density at radius 1 is 1.03 bits per heavy atom. The van der Waals surface area contributed by atoms with Gasteiger partial charge in [-0.1, -0.05) is 36.4 Å². The van der Waals surface area contributed by atoms with Gasteiger partial charge in [0, 0.05) is 25.7 Å². The number of pyridine rings is 1. The molecule has 7 heteroatoms. The normalized spacial score (nSPS) is 16.1. The van der Waals surface area contributed by atoms with E-state index in [9.17, 15) is 0 Å². The molecule has 0 bridgehead atoms. The molecular formula is C23H31N7. The number of hydrogen-bond donors (Lipinski definition) is 2. The van der Waals surface area contributed by atoms with Crippen molar-refractivity contribution in [3.05, 3.63) is 66.1 Å². The number of likely N-dealkylation sites (tertiary alicyclic amines) is 1. The van der Waals surface area contributed by atoms with E-state index in [0.29, 0.717) is 6.04 Å². The minimum Gasteiger partial charge on any atom is -0.357 e. The fourth-order valence-electron chi connectivity index (χ4n) is 4.03. The van der Waals surface area contributed by atoms with Crippen molar-refractivity contribution in [1.29, 1.82) is 0 Å². The summed E-state index contributed by atoms with van der Waals surface area (Å²) >= 11 is 0. The van der Waals surface area contributed by atoms with Crippen LogP contribution < -0.4 is 10.6 Å². The highest BCUT2D eigenvalue weighted by Crippen LogP contribution is 2.25. The molecule has 1 fully saturated rings. The molecule has 1 aliphatic rings. The molecule has 0 spiro atoms. The van der Waals surface area contributed by atoms with E-state index in [0.717, 1.165) is 56.6 Å². The van der Waals surface area contributed by atoms with Crippen molar-refractivity contribution in [3.8, 4) is 0 Å². The first-order valence-electron chi connectivity index (χ1n) is 10.9. The van der Waals surface area contributed by atoms with Crippen molar-refractivity contribution in [3.63, 3.8) is 0 Å². The lowest BCUT2D eigenvalue weighted by atomic mass is 10.1. The summed E-state index contributed by atoms with van der Waals surface area (Å²) in [7, 11) is 0. The van der Waals surface area contributed by atoms with Crippen molar-refractivity contribution < 1.29 is 0 Å². The third kappa shape index (κ3) is 4.97. The van der Waals surface area contributed by atoms with Crippen LogP contribution in [-0.4, -0.2) is 58.2 Å². The summed E-state index contributed by atoms with van der Waals surface area (Å²) in [5.74, 6) is 1.81. The van der Waals surface area contributed by atoms with Gasteiger partial charge in [0.15, 0.2) is 11.6 Å². The molecule has 1 aliphatic heterocycles. The Balaban J connectivity index is 1.40. The summed E-state index contributed by atoms with van der Waals surface area (Å²) in [6, 6.07) is 17.0. The van der Waals surface area contributed by atoms with Crippen LogP contribution in [0.3, 0.4) is 0 Å². The van der Waals surface area contributed by atoms with Gasteiger partial charge in [0.25, 0.3) is 0 Å². The van der Waals surface area contributed by atoms with E-state index >= 15 is 0 Å². The van der Waals surface area contributed by atoms with Crippen molar-refractivity contribution in [2.45, 2.75) is 32.2 Å². The molecule has 3 aromatic rings. The second kappa shape index (κ2) is 10.2. The van der Waals surface area contributed by atoms with Crippen molar-refractivity contribution in [2.24, 2.45) is 4.99 Å². The van der Waals surface area contributed by atoms with Crippen LogP contribution in [0.2, 0.25) is 0 Å². The van der Waals surface area contributed by atoms with Crippen LogP contribution in [0.1, 0.15) is 37.2 Å². The van der Waals surface area contributed by atoms with E-state index in [1.54, 1.807) is 0 Å². The Labute approximate surface area is 178 Å². The Bertz CT molecular complexity index is 944. The van der Waals surface area contributed by atoms with E-state index in [1.165, 1.54) is 18.4 Å². The number of benzene rings is 1. The molecule has 158 valence electrons. The number of rotatable bonds is 8. The standard InChI is InChI=1S/C23H31N7/c1-2-24-23(25-14-13-22-28-27-21-12-6-7-17-30(21)22)26-18-20(29-15-8-9-16-29)19-10-4-3-5-11-19/h3-7,10-12,17,20H,2,8-9,13-16,18H2,1H3,(H2,24,25,26). The molecule has 0 amide bonds. The van der Waals surface area contributed by atoms with Gasteiger partial charge in [0.1, 0.15) is 5.82 Å². The zero-order valence-electron chi connectivity index (χ0n) is 17.7. The summed E-state index contributed by atoms with van der Waals surface area (Å²) < 4.78 is 2.03. The third-order valence-corrected chi connectivity index (χ3v) is 5.56. The minimum atomic E-state index is 0.324. The second-order valence-corrected chi connectivity index (χ2v) is 7.61. The van der Waals surface area contributed by atoms with Crippen LogP contribution in [0.5, 0.6) is 0 Å². The Morgan fingerprint density at radius 2 is 1.83 bits per heavy atom. The van der Waals surface area contributed by atoms with Gasteiger partial charge < -0.3 is 10.6 Å². The van der Waals surface area contributed by atoms with Crippen LogP contribution in [0.15, 0.2) is 59.7 Å². The molecular weight excluding hydrogens is 374 g/mol. The Kier molecular flexibility index (Phi) is 6.92. The van der Waals surface area contributed by atoms with Gasteiger partial charge in [-0.15, -0.1) is 10.2 Å². The lowest BCUT2D eigenvalue weighted by Gasteiger charge is -2.27. The number of nitrogens with one attached hydrogen (secondary N) is 2. The second-order valence-electron chi connectivity index (χ2n) is 7.61. The molecule has 1 atom stereocenters. The van der Waals surface area contributed by atoms with Crippen LogP contribution in [0, 0.1) is 0 Å². The maximum absolute atomic E-state index is 4.93. The largest absolute Gasteiger partial charge is 0.357 e.